The summed E-state index contributed by atoms with van der Waals surface area (Å²) in [6.45, 7) is 5.01. The molecule has 0 aliphatic heterocycles. The lowest BCUT2D eigenvalue weighted by molar-refractivity contribution is 1.00. The number of nitrogens with zero attached hydrogens (tertiary/aromatic N) is 2. The molecule has 0 bridgehead atoms. The minimum absolute atomic E-state index is 0.374. The summed E-state index contributed by atoms with van der Waals surface area (Å²) in [7, 11) is 0. The first-order chi connectivity index (χ1) is 5.84. The van der Waals surface area contributed by atoms with E-state index in [1.165, 1.54) is 5.56 Å². The monoisotopic (exact) mass is 162 g/mol. The number of pyridine rings is 1. The van der Waals surface area contributed by atoms with Gasteiger partial charge in [0, 0.05) is 31.1 Å². The largest absolute Gasteiger partial charge is 0.297 e. The number of hydrogen-bond acceptors (Lipinski definition) is 2. The third kappa shape index (κ3) is 2.46. The zero-order chi connectivity index (χ0) is 8.81. The summed E-state index contributed by atoms with van der Waals surface area (Å²) in [5.74, 6) is 0.374. The summed E-state index contributed by atoms with van der Waals surface area (Å²) in [5, 5.41) is 0. The van der Waals surface area contributed by atoms with Gasteiger partial charge in [-0.3, -0.25) is 9.98 Å². The molecular formula is C10H14N2. The minimum atomic E-state index is 0.374. The van der Waals surface area contributed by atoms with Crippen molar-refractivity contribution in [3.8, 4) is 0 Å². The molecule has 0 aliphatic carbocycles. The maximum Gasteiger partial charge on any atom is 0.0357 e. The molecule has 1 aromatic heterocycles. The average Bonchev–Trinajstić information content (AvgIpc) is 2.15. The van der Waals surface area contributed by atoms with Crippen LogP contribution in [0, 0.1) is 0 Å². The van der Waals surface area contributed by atoms with E-state index in [1.807, 2.05) is 25.4 Å². The van der Waals surface area contributed by atoms with E-state index >= 15 is 0 Å². The molecule has 1 atom stereocenters. The highest BCUT2D eigenvalue weighted by atomic mass is 14.7. The maximum atomic E-state index is 4.20. The third-order valence-electron chi connectivity index (χ3n) is 1.72. The normalized spacial score (nSPS) is 13.5. The van der Waals surface area contributed by atoms with Gasteiger partial charge in [-0.15, -0.1) is 0 Å². The van der Waals surface area contributed by atoms with E-state index in [1.54, 1.807) is 6.20 Å². The lowest BCUT2D eigenvalue weighted by Crippen LogP contribution is -1.95. The molecule has 1 aromatic rings. The first kappa shape index (κ1) is 8.91. The molecule has 0 fully saturated rings. The average molecular weight is 162 g/mol. The van der Waals surface area contributed by atoms with Crippen molar-refractivity contribution in [2.75, 3.05) is 6.54 Å². The van der Waals surface area contributed by atoms with Crippen molar-refractivity contribution in [1.82, 2.24) is 4.98 Å². The Hall–Kier alpha value is -1.18. The quantitative estimate of drug-likeness (QED) is 0.626. The van der Waals surface area contributed by atoms with Crippen LogP contribution in [0.25, 0.3) is 0 Å². The van der Waals surface area contributed by atoms with E-state index in [9.17, 15) is 0 Å². The van der Waals surface area contributed by atoms with E-state index in [-0.39, 0.29) is 0 Å². The van der Waals surface area contributed by atoms with Crippen LogP contribution in [0.5, 0.6) is 0 Å². The van der Waals surface area contributed by atoms with Crippen LogP contribution in [-0.4, -0.2) is 17.7 Å². The van der Waals surface area contributed by atoms with E-state index in [0.29, 0.717) is 5.92 Å². The highest BCUT2D eigenvalue weighted by Gasteiger charge is 1.99. The van der Waals surface area contributed by atoms with Gasteiger partial charge in [0.1, 0.15) is 0 Å². The SMILES string of the molecule is CCN=CC(C)c1cccnc1. The van der Waals surface area contributed by atoms with Crippen molar-refractivity contribution in [1.29, 1.82) is 0 Å². The van der Waals surface area contributed by atoms with Gasteiger partial charge in [0.05, 0.1) is 0 Å². The third-order valence-corrected chi connectivity index (χ3v) is 1.72. The predicted molar refractivity (Wildman–Crippen MR) is 51.7 cm³/mol. The second-order valence-corrected chi connectivity index (χ2v) is 2.72. The van der Waals surface area contributed by atoms with Gasteiger partial charge in [0.2, 0.25) is 0 Å². The van der Waals surface area contributed by atoms with Crippen LogP contribution in [0.15, 0.2) is 29.5 Å². The molecule has 0 saturated heterocycles. The Kier molecular flexibility index (Phi) is 3.45. The standard InChI is InChI=1S/C10H14N2/c1-3-11-7-9(2)10-5-4-6-12-8-10/h4-9H,3H2,1-2H3. The second-order valence-electron chi connectivity index (χ2n) is 2.72. The molecule has 1 unspecified atom stereocenters. The Bertz CT molecular complexity index is 241. The molecule has 0 aromatic carbocycles. The lowest BCUT2D eigenvalue weighted by atomic mass is 10.1. The topological polar surface area (TPSA) is 25.2 Å². The zero-order valence-corrected chi connectivity index (χ0v) is 7.57. The molecule has 12 heavy (non-hydrogen) atoms. The van der Waals surface area contributed by atoms with Crippen LogP contribution in [0.3, 0.4) is 0 Å². The molecule has 2 nitrogen and oxygen atoms in total. The minimum Gasteiger partial charge on any atom is -0.297 e. The van der Waals surface area contributed by atoms with Gasteiger partial charge in [0.15, 0.2) is 0 Å². The summed E-state index contributed by atoms with van der Waals surface area (Å²) < 4.78 is 0. The molecule has 2 heteroatoms. The fourth-order valence-corrected chi connectivity index (χ4v) is 0.995. The van der Waals surface area contributed by atoms with Gasteiger partial charge < -0.3 is 0 Å². The van der Waals surface area contributed by atoms with Crippen molar-refractivity contribution < 1.29 is 0 Å². The van der Waals surface area contributed by atoms with Crippen LogP contribution in [0.4, 0.5) is 0 Å². The Balaban J connectivity index is 2.65. The molecule has 0 spiro atoms. The van der Waals surface area contributed by atoms with E-state index in [2.05, 4.69) is 23.0 Å². The van der Waals surface area contributed by atoms with Crippen molar-refractivity contribution in [2.45, 2.75) is 19.8 Å². The van der Waals surface area contributed by atoms with E-state index in [0.717, 1.165) is 6.54 Å². The highest BCUT2D eigenvalue weighted by Crippen LogP contribution is 2.09. The summed E-state index contributed by atoms with van der Waals surface area (Å²) in [4.78, 5) is 8.25. The van der Waals surface area contributed by atoms with Crippen LogP contribution in [0.1, 0.15) is 25.3 Å². The number of rotatable bonds is 3. The first-order valence-corrected chi connectivity index (χ1v) is 4.24. The van der Waals surface area contributed by atoms with E-state index < -0.39 is 0 Å². The van der Waals surface area contributed by atoms with Gasteiger partial charge in [0.25, 0.3) is 0 Å². The molecule has 1 rings (SSSR count). The second kappa shape index (κ2) is 4.65. The van der Waals surface area contributed by atoms with Crippen molar-refractivity contribution >= 4 is 6.21 Å². The van der Waals surface area contributed by atoms with Gasteiger partial charge in [-0.05, 0) is 18.6 Å². The Morgan fingerprint density at radius 3 is 3.08 bits per heavy atom. The number of aromatic nitrogens is 1. The van der Waals surface area contributed by atoms with Gasteiger partial charge in [-0.1, -0.05) is 13.0 Å². The number of hydrogen-bond donors (Lipinski definition) is 0. The summed E-state index contributed by atoms with van der Waals surface area (Å²) in [6, 6.07) is 4.02. The lowest BCUT2D eigenvalue weighted by Gasteiger charge is -2.03. The van der Waals surface area contributed by atoms with Crippen LogP contribution >= 0.6 is 0 Å². The highest BCUT2D eigenvalue weighted by molar-refractivity contribution is 5.66. The molecule has 0 amide bonds. The summed E-state index contributed by atoms with van der Waals surface area (Å²) in [5.41, 5.74) is 1.22. The van der Waals surface area contributed by atoms with Crippen LogP contribution in [0.2, 0.25) is 0 Å². The Morgan fingerprint density at radius 2 is 2.50 bits per heavy atom. The van der Waals surface area contributed by atoms with Gasteiger partial charge >= 0.3 is 0 Å². The summed E-state index contributed by atoms with van der Waals surface area (Å²) in [6.07, 6.45) is 5.64. The maximum absolute atomic E-state index is 4.20. The van der Waals surface area contributed by atoms with Crippen LogP contribution < -0.4 is 0 Å². The first-order valence-electron chi connectivity index (χ1n) is 4.24. The van der Waals surface area contributed by atoms with Crippen LogP contribution in [-0.2, 0) is 0 Å². The molecule has 1 heterocycles. The fourth-order valence-electron chi connectivity index (χ4n) is 0.995. The Labute approximate surface area is 73.4 Å². The molecular weight excluding hydrogens is 148 g/mol. The molecule has 0 saturated carbocycles. The van der Waals surface area contributed by atoms with Crippen molar-refractivity contribution in [3.63, 3.8) is 0 Å². The van der Waals surface area contributed by atoms with Crippen molar-refractivity contribution in [2.24, 2.45) is 4.99 Å². The van der Waals surface area contributed by atoms with E-state index in [4.69, 9.17) is 0 Å². The zero-order valence-electron chi connectivity index (χ0n) is 7.57. The molecule has 0 N–H and O–H groups in total. The van der Waals surface area contributed by atoms with Gasteiger partial charge in [-0.25, -0.2) is 0 Å². The Morgan fingerprint density at radius 1 is 1.67 bits per heavy atom. The predicted octanol–water partition coefficient (Wildman–Crippen LogP) is 2.28. The fraction of sp³-hybridized carbons (Fsp3) is 0.400. The number of aliphatic imine (C=N–C) groups is 1. The molecule has 0 radical (unpaired) electrons. The summed E-state index contributed by atoms with van der Waals surface area (Å²) >= 11 is 0. The smallest absolute Gasteiger partial charge is 0.0357 e. The van der Waals surface area contributed by atoms with Gasteiger partial charge in [-0.2, -0.15) is 0 Å². The van der Waals surface area contributed by atoms with Crippen molar-refractivity contribution in [3.05, 3.63) is 30.1 Å². The molecule has 0 aliphatic rings. The molecule has 64 valence electrons.